The molecule has 0 amide bonds. The molecule has 20 heavy (non-hydrogen) atoms. The monoisotopic (exact) mass is 271 g/mol. The lowest BCUT2D eigenvalue weighted by Crippen LogP contribution is -2.32. The average Bonchev–Trinajstić information content (AvgIpc) is 2.78. The van der Waals surface area contributed by atoms with E-state index < -0.39 is 0 Å². The van der Waals surface area contributed by atoms with Gasteiger partial charge in [0.25, 0.3) is 0 Å². The molecule has 0 aliphatic carbocycles. The van der Waals surface area contributed by atoms with E-state index in [1.165, 1.54) is 12.2 Å². The Kier molecular flexibility index (Phi) is 3.42. The van der Waals surface area contributed by atoms with Gasteiger partial charge in [0.1, 0.15) is 5.82 Å². The molecule has 3 rings (SSSR count). The molecule has 2 aromatic rings. The number of aromatic nitrogens is 4. The van der Waals surface area contributed by atoms with E-state index in [1.54, 1.807) is 0 Å². The van der Waals surface area contributed by atoms with Crippen LogP contribution in [0.5, 0.6) is 0 Å². The predicted molar refractivity (Wildman–Crippen MR) is 78.8 cm³/mol. The molecule has 0 radical (unpaired) electrons. The largest absolute Gasteiger partial charge is 0.344 e. The Hall–Kier alpha value is -1.91. The van der Waals surface area contributed by atoms with Gasteiger partial charge in [-0.3, -0.25) is 0 Å². The third kappa shape index (κ3) is 2.66. The molecule has 1 unspecified atom stereocenters. The SMILES string of the molecule is Cc1cnc(N(C)CC2CCc3nc(C)cn3C2)nc1. The maximum atomic E-state index is 4.56. The van der Waals surface area contributed by atoms with Crippen molar-refractivity contribution < 1.29 is 0 Å². The van der Waals surface area contributed by atoms with E-state index in [-0.39, 0.29) is 0 Å². The van der Waals surface area contributed by atoms with Crippen LogP contribution in [0.15, 0.2) is 18.6 Å². The predicted octanol–water partition coefficient (Wildman–Crippen LogP) is 1.99. The zero-order valence-electron chi connectivity index (χ0n) is 12.4. The van der Waals surface area contributed by atoms with Crippen molar-refractivity contribution in [2.75, 3.05) is 18.5 Å². The molecule has 1 aliphatic rings. The summed E-state index contributed by atoms with van der Waals surface area (Å²) < 4.78 is 2.30. The van der Waals surface area contributed by atoms with E-state index in [1.807, 2.05) is 19.3 Å². The molecule has 3 heterocycles. The lowest BCUT2D eigenvalue weighted by molar-refractivity contribution is 0.368. The van der Waals surface area contributed by atoms with Crippen LogP contribution in [0.1, 0.15) is 23.5 Å². The maximum absolute atomic E-state index is 4.56. The van der Waals surface area contributed by atoms with E-state index >= 15 is 0 Å². The smallest absolute Gasteiger partial charge is 0.225 e. The Balaban J connectivity index is 1.65. The number of nitrogens with zero attached hydrogens (tertiary/aromatic N) is 5. The maximum Gasteiger partial charge on any atom is 0.225 e. The topological polar surface area (TPSA) is 46.8 Å². The lowest BCUT2D eigenvalue weighted by atomic mass is 9.99. The number of aryl methyl sites for hydroxylation is 3. The molecule has 1 aliphatic heterocycles. The summed E-state index contributed by atoms with van der Waals surface area (Å²) in [6, 6.07) is 0. The molecule has 0 fully saturated rings. The van der Waals surface area contributed by atoms with Gasteiger partial charge < -0.3 is 9.47 Å². The first-order chi connectivity index (χ1) is 9.61. The first kappa shape index (κ1) is 13.1. The van der Waals surface area contributed by atoms with Crippen molar-refractivity contribution in [1.82, 2.24) is 19.5 Å². The summed E-state index contributed by atoms with van der Waals surface area (Å²) in [7, 11) is 2.07. The van der Waals surface area contributed by atoms with E-state index in [9.17, 15) is 0 Å². The highest BCUT2D eigenvalue weighted by Gasteiger charge is 2.21. The lowest BCUT2D eigenvalue weighted by Gasteiger charge is -2.28. The van der Waals surface area contributed by atoms with Crippen LogP contribution in [0.25, 0.3) is 0 Å². The van der Waals surface area contributed by atoms with E-state index in [4.69, 9.17) is 0 Å². The van der Waals surface area contributed by atoms with Crippen LogP contribution in [0, 0.1) is 19.8 Å². The molecule has 5 nitrogen and oxygen atoms in total. The van der Waals surface area contributed by atoms with E-state index in [0.717, 1.165) is 36.7 Å². The summed E-state index contributed by atoms with van der Waals surface area (Å²) in [6.07, 6.45) is 8.16. The third-order valence-corrected chi connectivity index (χ3v) is 3.85. The molecular formula is C15H21N5. The van der Waals surface area contributed by atoms with Gasteiger partial charge in [0, 0.05) is 45.1 Å². The highest BCUT2D eigenvalue weighted by Crippen LogP contribution is 2.21. The van der Waals surface area contributed by atoms with Gasteiger partial charge in [-0.1, -0.05) is 0 Å². The highest BCUT2D eigenvalue weighted by atomic mass is 15.2. The molecule has 0 bridgehead atoms. The molecule has 0 saturated carbocycles. The van der Waals surface area contributed by atoms with Crippen LogP contribution in [-0.4, -0.2) is 33.1 Å². The Morgan fingerprint density at radius 2 is 2.05 bits per heavy atom. The van der Waals surface area contributed by atoms with Gasteiger partial charge in [-0.2, -0.15) is 0 Å². The van der Waals surface area contributed by atoms with Crippen LogP contribution in [0.4, 0.5) is 5.95 Å². The molecule has 0 aromatic carbocycles. The summed E-state index contributed by atoms with van der Waals surface area (Å²) >= 11 is 0. The number of anilines is 1. The molecule has 106 valence electrons. The summed E-state index contributed by atoms with van der Waals surface area (Å²) in [6.45, 7) is 6.10. The van der Waals surface area contributed by atoms with Crippen molar-refractivity contribution in [2.45, 2.75) is 33.2 Å². The average molecular weight is 271 g/mol. The molecule has 0 N–H and O–H groups in total. The van der Waals surface area contributed by atoms with Crippen LogP contribution in [0.3, 0.4) is 0 Å². The second-order valence-corrected chi connectivity index (χ2v) is 5.80. The normalized spacial score (nSPS) is 17.9. The van der Waals surface area contributed by atoms with Crippen molar-refractivity contribution >= 4 is 5.95 Å². The molecule has 5 heteroatoms. The minimum atomic E-state index is 0.631. The van der Waals surface area contributed by atoms with Gasteiger partial charge in [0.2, 0.25) is 5.95 Å². The number of imidazole rings is 1. The molecule has 0 saturated heterocycles. The van der Waals surface area contributed by atoms with Gasteiger partial charge in [0.05, 0.1) is 5.69 Å². The van der Waals surface area contributed by atoms with Crippen molar-refractivity contribution in [3.8, 4) is 0 Å². The van der Waals surface area contributed by atoms with Crippen molar-refractivity contribution in [1.29, 1.82) is 0 Å². The number of fused-ring (bicyclic) bond motifs is 1. The standard InChI is InChI=1S/C15H21N5/c1-11-6-16-15(17-7-11)19(3)9-13-4-5-14-18-12(2)8-20(14)10-13/h6-8,13H,4-5,9-10H2,1-3H3. The quantitative estimate of drug-likeness (QED) is 0.856. The second-order valence-electron chi connectivity index (χ2n) is 5.80. The first-order valence-corrected chi connectivity index (χ1v) is 7.14. The fourth-order valence-corrected chi connectivity index (χ4v) is 2.86. The van der Waals surface area contributed by atoms with Crippen molar-refractivity contribution in [3.63, 3.8) is 0 Å². The van der Waals surface area contributed by atoms with Gasteiger partial charge in [-0.05, 0) is 31.7 Å². The summed E-state index contributed by atoms with van der Waals surface area (Å²) in [4.78, 5) is 15.5. The summed E-state index contributed by atoms with van der Waals surface area (Å²) in [5, 5.41) is 0. The van der Waals surface area contributed by atoms with Gasteiger partial charge >= 0.3 is 0 Å². The minimum absolute atomic E-state index is 0.631. The fourth-order valence-electron chi connectivity index (χ4n) is 2.86. The van der Waals surface area contributed by atoms with Gasteiger partial charge in [-0.25, -0.2) is 15.0 Å². The summed E-state index contributed by atoms with van der Waals surface area (Å²) in [5.74, 6) is 2.67. The fraction of sp³-hybridized carbons (Fsp3) is 0.533. The Morgan fingerprint density at radius 3 is 2.80 bits per heavy atom. The Morgan fingerprint density at radius 1 is 1.30 bits per heavy atom. The van der Waals surface area contributed by atoms with Crippen LogP contribution >= 0.6 is 0 Å². The van der Waals surface area contributed by atoms with Crippen LogP contribution in [0.2, 0.25) is 0 Å². The number of hydrogen-bond acceptors (Lipinski definition) is 4. The van der Waals surface area contributed by atoms with Crippen LogP contribution < -0.4 is 4.90 Å². The van der Waals surface area contributed by atoms with Gasteiger partial charge in [0.15, 0.2) is 0 Å². The van der Waals surface area contributed by atoms with Crippen molar-refractivity contribution in [2.24, 2.45) is 5.92 Å². The highest BCUT2D eigenvalue weighted by molar-refractivity contribution is 5.28. The van der Waals surface area contributed by atoms with E-state index in [2.05, 4.69) is 44.6 Å². The molecule has 1 atom stereocenters. The van der Waals surface area contributed by atoms with Gasteiger partial charge in [-0.15, -0.1) is 0 Å². The zero-order valence-corrected chi connectivity index (χ0v) is 12.4. The summed E-state index contributed by atoms with van der Waals surface area (Å²) in [5.41, 5.74) is 2.22. The number of rotatable bonds is 3. The number of hydrogen-bond donors (Lipinski definition) is 0. The first-order valence-electron chi connectivity index (χ1n) is 7.14. The third-order valence-electron chi connectivity index (χ3n) is 3.85. The second kappa shape index (κ2) is 5.23. The minimum Gasteiger partial charge on any atom is -0.344 e. The Bertz CT molecular complexity index is 587. The molecule has 2 aromatic heterocycles. The molecule has 0 spiro atoms. The van der Waals surface area contributed by atoms with Crippen LogP contribution in [-0.2, 0) is 13.0 Å². The Labute approximate surface area is 119 Å². The molecular weight excluding hydrogens is 250 g/mol. The zero-order chi connectivity index (χ0) is 14.1. The van der Waals surface area contributed by atoms with Crippen molar-refractivity contribution in [3.05, 3.63) is 35.7 Å². The van der Waals surface area contributed by atoms with E-state index in [0.29, 0.717) is 5.92 Å².